The van der Waals surface area contributed by atoms with Gasteiger partial charge in [-0.3, -0.25) is 0 Å². The molecule has 0 fully saturated rings. The van der Waals surface area contributed by atoms with Crippen LogP contribution in [-0.4, -0.2) is 13.3 Å². The third-order valence-corrected chi connectivity index (χ3v) is 2.54. The van der Waals surface area contributed by atoms with Crippen LogP contribution in [0.15, 0.2) is 42.5 Å². The zero-order valence-corrected chi connectivity index (χ0v) is 9.91. The Labute approximate surface area is 105 Å². The third-order valence-electron chi connectivity index (χ3n) is 2.54. The van der Waals surface area contributed by atoms with Crippen LogP contribution in [0.2, 0.25) is 0 Å². The Bertz CT molecular complexity index is 552. The van der Waals surface area contributed by atoms with Crippen molar-refractivity contribution in [3.63, 3.8) is 0 Å². The fourth-order valence-electron chi connectivity index (χ4n) is 1.59. The van der Waals surface area contributed by atoms with Crippen molar-refractivity contribution in [3.8, 4) is 5.75 Å². The number of halogens is 1. The van der Waals surface area contributed by atoms with Gasteiger partial charge in [-0.2, -0.15) is 0 Å². The van der Waals surface area contributed by atoms with Gasteiger partial charge in [0.2, 0.25) is 0 Å². The van der Waals surface area contributed by atoms with Crippen LogP contribution in [0.3, 0.4) is 0 Å². The summed E-state index contributed by atoms with van der Waals surface area (Å²) in [5, 5.41) is 10.5. The van der Waals surface area contributed by atoms with Gasteiger partial charge in [-0.25, -0.2) is 4.39 Å². The third kappa shape index (κ3) is 2.66. The number of nitrogens with one attached hydrogen (secondary N) is 2. The maximum atomic E-state index is 12.8. The lowest BCUT2D eigenvalue weighted by Gasteiger charge is -2.10. The number of hydrogen-bond donors (Lipinski definition) is 2. The predicted molar refractivity (Wildman–Crippen MR) is 70.6 cm³/mol. The molecule has 4 heteroatoms. The fourth-order valence-corrected chi connectivity index (χ4v) is 1.59. The van der Waals surface area contributed by atoms with Crippen molar-refractivity contribution in [2.24, 2.45) is 0 Å². The van der Waals surface area contributed by atoms with E-state index in [1.165, 1.54) is 18.3 Å². The van der Waals surface area contributed by atoms with Crippen LogP contribution >= 0.6 is 0 Å². The summed E-state index contributed by atoms with van der Waals surface area (Å²) in [6, 6.07) is 11.5. The molecule has 3 nitrogen and oxygen atoms in total. The van der Waals surface area contributed by atoms with Gasteiger partial charge in [0.1, 0.15) is 11.6 Å². The molecule has 92 valence electrons. The van der Waals surface area contributed by atoms with E-state index < -0.39 is 0 Å². The number of rotatable bonds is 4. The lowest BCUT2D eigenvalue weighted by atomic mass is 10.1. The van der Waals surface area contributed by atoms with E-state index >= 15 is 0 Å². The van der Waals surface area contributed by atoms with Gasteiger partial charge in [-0.15, -0.1) is 0 Å². The summed E-state index contributed by atoms with van der Waals surface area (Å²) in [5.41, 5.74) is 2.25. The fraction of sp³-hybridized carbons (Fsp3) is 0.0714. The highest BCUT2D eigenvalue weighted by atomic mass is 19.1. The van der Waals surface area contributed by atoms with Gasteiger partial charge in [-0.05, 0) is 42.5 Å². The van der Waals surface area contributed by atoms with E-state index in [-0.39, 0.29) is 5.82 Å². The Kier molecular flexibility index (Phi) is 3.57. The summed E-state index contributed by atoms with van der Waals surface area (Å²) in [7, 11) is 1.58. The maximum absolute atomic E-state index is 12.8. The molecule has 0 radical (unpaired) electrons. The molecule has 0 unspecified atom stereocenters. The van der Waals surface area contributed by atoms with E-state index in [0.717, 1.165) is 11.4 Å². The van der Waals surface area contributed by atoms with E-state index in [1.54, 1.807) is 31.4 Å². The summed E-state index contributed by atoms with van der Waals surface area (Å²) >= 11 is 0. The van der Waals surface area contributed by atoms with Crippen LogP contribution in [0.25, 0.3) is 0 Å². The average molecular weight is 244 g/mol. The number of ether oxygens (including phenoxy) is 1. The first-order valence-electron chi connectivity index (χ1n) is 5.44. The molecular weight excluding hydrogens is 231 g/mol. The van der Waals surface area contributed by atoms with Gasteiger partial charge < -0.3 is 15.5 Å². The molecule has 0 atom stereocenters. The average Bonchev–Trinajstić information content (AvgIpc) is 2.41. The van der Waals surface area contributed by atoms with Gasteiger partial charge >= 0.3 is 0 Å². The van der Waals surface area contributed by atoms with Crippen molar-refractivity contribution in [1.29, 1.82) is 5.41 Å². The zero-order valence-electron chi connectivity index (χ0n) is 9.91. The van der Waals surface area contributed by atoms with Crippen LogP contribution in [0.5, 0.6) is 5.75 Å². The summed E-state index contributed by atoms with van der Waals surface area (Å²) in [5.74, 6) is 0.417. The first-order chi connectivity index (χ1) is 8.72. The number of methoxy groups -OCH3 is 1. The monoisotopic (exact) mass is 244 g/mol. The SMILES string of the molecule is COc1ccc(Nc2ccc(F)cc2)c(C=N)c1. The highest BCUT2D eigenvalue weighted by Crippen LogP contribution is 2.24. The maximum Gasteiger partial charge on any atom is 0.123 e. The Morgan fingerprint density at radius 3 is 2.50 bits per heavy atom. The van der Waals surface area contributed by atoms with Crippen molar-refractivity contribution < 1.29 is 9.13 Å². The number of anilines is 2. The molecule has 0 aliphatic rings. The van der Waals surface area contributed by atoms with Gasteiger partial charge in [0, 0.05) is 23.2 Å². The Hall–Kier alpha value is -2.36. The second-order valence-electron chi connectivity index (χ2n) is 3.73. The van der Waals surface area contributed by atoms with E-state index in [9.17, 15) is 4.39 Å². The van der Waals surface area contributed by atoms with Gasteiger partial charge in [0.05, 0.1) is 7.11 Å². The lowest BCUT2D eigenvalue weighted by molar-refractivity contribution is 0.415. The first kappa shape index (κ1) is 12.1. The molecule has 0 spiro atoms. The Morgan fingerprint density at radius 2 is 1.89 bits per heavy atom. The number of benzene rings is 2. The van der Waals surface area contributed by atoms with E-state index in [1.807, 2.05) is 6.07 Å². The Balaban J connectivity index is 2.28. The topological polar surface area (TPSA) is 45.1 Å². The normalized spacial score (nSPS) is 9.89. The van der Waals surface area contributed by atoms with Crippen LogP contribution in [0.4, 0.5) is 15.8 Å². The molecule has 2 aromatic carbocycles. The minimum Gasteiger partial charge on any atom is -0.497 e. The zero-order chi connectivity index (χ0) is 13.0. The minimum absolute atomic E-state index is 0.275. The van der Waals surface area contributed by atoms with Crippen LogP contribution in [-0.2, 0) is 0 Å². The van der Waals surface area contributed by atoms with E-state index in [0.29, 0.717) is 11.3 Å². The molecule has 0 bridgehead atoms. The van der Waals surface area contributed by atoms with Crippen molar-refractivity contribution in [1.82, 2.24) is 0 Å². The van der Waals surface area contributed by atoms with E-state index in [2.05, 4.69) is 5.32 Å². The summed E-state index contributed by atoms with van der Waals surface area (Å²) in [4.78, 5) is 0. The molecular formula is C14H13FN2O. The van der Waals surface area contributed by atoms with Crippen LogP contribution in [0, 0.1) is 11.2 Å². The molecule has 0 aromatic heterocycles. The highest BCUT2D eigenvalue weighted by Gasteiger charge is 2.03. The van der Waals surface area contributed by atoms with Crippen LogP contribution in [0.1, 0.15) is 5.56 Å². The second-order valence-corrected chi connectivity index (χ2v) is 3.73. The molecule has 0 saturated heterocycles. The molecule has 2 aromatic rings. The van der Waals surface area contributed by atoms with Crippen LogP contribution < -0.4 is 10.1 Å². The minimum atomic E-state index is -0.275. The van der Waals surface area contributed by atoms with Crippen molar-refractivity contribution in [2.45, 2.75) is 0 Å². The molecule has 0 aliphatic heterocycles. The first-order valence-corrected chi connectivity index (χ1v) is 5.44. The quantitative estimate of drug-likeness (QED) is 0.807. The molecule has 0 amide bonds. The molecule has 2 rings (SSSR count). The van der Waals surface area contributed by atoms with Gasteiger partial charge in [0.25, 0.3) is 0 Å². The summed E-state index contributed by atoms with van der Waals surface area (Å²) < 4.78 is 17.9. The standard InChI is InChI=1S/C14H13FN2O/c1-18-13-6-7-14(10(8-13)9-16)17-12-4-2-11(15)3-5-12/h2-9,16-17H,1H3. The van der Waals surface area contributed by atoms with Crippen molar-refractivity contribution >= 4 is 17.6 Å². The largest absolute Gasteiger partial charge is 0.497 e. The van der Waals surface area contributed by atoms with Gasteiger partial charge in [0.15, 0.2) is 0 Å². The summed E-state index contributed by atoms with van der Waals surface area (Å²) in [6.45, 7) is 0. The lowest BCUT2D eigenvalue weighted by Crippen LogP contribution is -1.96. The second kappa shape index (κ2) is 5.31. The summed E-state index contributed by atoms with van der Waals surface area (Å²) in [6.07, 6.45) is 1.24. The molecule has 0 saturated carbocycles. The predicted octanol–water partition coefficient (Wildman–Crippen LogP) is 3.58. The van der Waals surface area contributed by atoms with Gasteiger partial charge in [-0.1, -0.05) is 0 Å². The molecule has 0 aliphatic carbocycles. The van der Waals surface area contributed by atoms with E-state index in [4.69, 9.17) is 10.1 Å². The molecule has 18 heavy (non-hydrogen) atoms. The van der Waals surface area contributed by atoms with Crippen molar-refractivity contribution in [2.75, 3.05) is 12.4 Å². The number of hydrogen-bond acceptors (Lipinski definition) is 3. The Morgan fingerprint density at radius 1 is 1.17 bits per heavy atom. The van der Waals surface area contributed by atoms with Crippen molar-refractivity contribution in [3.05, 3.63) is 53.8 Å². The highest BCUT2D eigenvalue weighted by molar-refractivity contribution is 5.88. The smallest absolute Gasteiger partial charge is 0.123 e. The molecule has 2 N–H and O–H groups in total. The molecule has 0 heterocycles.